The first-order valence-electron chi connectivity index (χ1n) is 11.0. The molecule has 0 radical (unpaired) electrons. The van der Waals surface area contributed by atoms with Crippen LogP contribution in [0.1, 0.15) is 16.7 Å². The highest BCUT2D eigenvalue weighted by molar-refractivity contribution is 7.89. The Morgan fingerprint density at radius 3 is 2.34 bits per heavy atom. The predicted octanol–water partition coefficient (Wildman–Crippen LogP) is 3.41. The largest absolute Gasteiger partial charge is 0.495 e. The number of carbonyl (C=O) groups excluding carboxylic acids is 1. The second-order valence-electron chi connectivity index (χ2n) is 8.19. The van der Waals surface area contributed by atoms with Crippen molar-refractivity contribution < 1.29 is 17.9 Å². The molecule has 0 aliphatic carbocycles. The highest BCUT2D eigenvalue weighted by atomic mass is 32.2. The number of methoxy groups -OCH3 is 1. The van der Waals surface area contributed by atoms with Crippen molar-refractivity contribution in [2.24, 2.45) is 5.10 Å². The number of ether oxygens (including phenoxy) is 1. The minimum atomic E-state index is -4.06. The van der Waals surface area contributed by atoms with Crippen LogP contribution in [0.15, 0.2) is 82.8 Å². The van der Waals surface area contributed by atoms with E-state index in [1.54, 1.807) is 25.1 Å². The number of nitrogens with one attached hydrogen (secondary N) is 1. The summed E-state index contributed by atoms with van der Waals surface area (Å²) in [6.45, 7) is 1.40. The highest BCUT2D eigenvalue weighted by Gasteiger charge is 2.30. The van der Waals surface area contributed by atoms with Crippen LogP contribution in [0.2, 0.25) is 0 Å². The minimum Gasteiger partial charge on any atom is -0.495 e. The van der Waals surface area contributed by atoms with Crippen molar-refractivity contribution in [1.82, 2.24) is 9.73 Å². The molecule has 3 aromatic rings. The van der Waals surface area contributed by atoms with Crippen LogP contribution in [0.25, 0.3) is 0 Å². The number of rotatable bonds is 10. The van der Waals surface area contributed by atoms with E-state index in [-0.39, 0.29) is 17.2 Å². The fraction of sp³-hybridized carbons (Fsp3) is 0.231. The van der Waals surface area contributed by atoms with Gasteiger partial charge in [0, 0.05) is 26.3 Å². The van der Waals surface area contributed by atoms with Gasteiger partial charge in [0.1, 0.15) is 10.6 Å². The molecule has 35 heavy (non-hydrogen) atoms. The zero-order valence-electron chi connectivity index (χ0n) is 20.3. The van der Waals surface area contributed by atoms with E-state index in [1.807, 2.05) is 73.6 Å². The van der Waals surface area contributed by atoms with Crippen LogP contribution in [0.3, 0.4) is 0 Å². The molecule has 184 valence electrons. The van der Waals surface area contributed by atoms with Crippen molar-refractivity contribution in [3.05, 3.63) is 89.5 Å². The molecule has 0 bridgehead atoms. The topological polar surface area (TPSA) is 91.3 Å². The molecular formula is C26H30N4O4S. The Balaban J connectivity index is 1.81. The molecule has 0 spiro atoms. The van der Waals surface area contributed by atoms with Gasteiger partial charge in [0.25, 0.3) is 5.91 Å². The van der Waals surface area contributed by atoms with Crippen LogP contribution in [0.4, 0.5) is 5.69 Å². The Kier molecular flexibility index (Phi) is 8.62. The number of amides is 1. The summed E-state index contributed by atoms with van der Waals surface area (Å²) in [5.41, 5.74) is 5.78. The summed E-state index contributed by atoms with van der Waals surface area (Å²) in [7, 11) is 1.25. The van der Waals surface area contributed by atoms with Crippen LogP contribution in [-0.2, 0) is 21.4 Å². The number of carbonyl (C=O) groups is 1. The van der Waals surface area contributed by atoms with Crippen molar-refractivity contribution in [3.8, 4) is 5.75 Å². The summed E-state index contributed by atoms with van der Waals surface area (Å²) in [4.78, 5) is 14.7. The molecule has 0 unspecified atom stereocenters. The Bertz CT molecular complexity index is 1270. The number of hydrogen-bond acceptors (Lipinski definition) is 6. The summed E-state index contributed by atoms with van der Waals surface area (Å²) in [6, 6.07) is 21.6. The van der Waals surface area contributed by atoms with E-state index in [0.717, 1.165) is 26.7 Å². The van der Waals surface area contributed by atoms with Gasteiger partial charge in [0.15, 0.2) is 0 Å². The van der Waals surface area contributed by atoms with Crippen LogP contribution >= 0.6 is 0 Å². The van der Waals surface area contributed by atoms with Crippen molar-refractivity contribution in [3.63, 3.8) is 0 Å². The van der Waals surface area contributed by atoms with Crippen LogP contribution in [-0.4, -0.2) is 52.6 Å². The SMILES string of the molecule is COc1ccc(C)cc1S(=O)(=O)N(CC(=O)NN=Cc1ccc(N(C)C)cc1)Cc1ccccc1. The third-order valence-electron chi connectivity index (χ3n) is 5.27. The van der Waals surface area contributed by atoms with Crippen LogP contribution in [0, 0.1) is 6.92 Å². The van der Waals surface area contributed by atoms with E-state index in [0.29, 0.717) is 0 Å². The number of anilines is 1. The van der Waals surface area contributed by atoms with Gasteiger partial charge in [0.2, 0.25) is 10.0 Å². The summed E-state index contributed by atoms with van der Waals surface area (Å²) in [6.07, 6.45) is 1.51. The van der Waals surface area contributed by atoms with Crippen molar-refractivity contribution >= 4 is 27.8 Å². The van der Waals surface area contributed by atoms with E-state index in [2.05, 4.69) is 10.5 Å². The first kappa shape index (κ1) is 25.9. The smallest absolute Gasteiger partial charge is 0.255 e. The Labute approximate surface area is 206 Å². The average Bonchev–Trinajstić information content (AvgIpc) is 2.84. The maximum Gasteiger partial charge on any atom is 0.255 e. The van der Waals surface area contributed by atoms with E-state index in [1.165, 1.54) is 13.3 Å². The molecule has 0 aliphatic rings. The molecule has 0 aliphatic heterocycles. The predicted molar refractivity (Wildman–Crippen MR) is 138 cm³/mol. The van der Waals surface area contributed by atoms with E-state index < -0.39 is 22.5 Å². The van der Waals surface area contributed by atoms with Crippen molar-refractivity contribution in [1.29, 1.82) is 0 Å². The second kappa shape index (κ2) is 11.6. The fourth-order valence-electron chi connectivity index (χ4n) is 3.37. The lowest BCUT2D eigenvalue weighted by Gasteiger charge is -2.23. The monoisotopic (exact) mass is 494 g/mol. The molecule has 9 heteroatoms. The van der Waals surface area contributed by atoms with Gasteiger partial charge in [-0.25, -0.2) is 13.8 Å². The van der Waals surface area contributed by atoms with Gasteiger partial charge in [-0.15, -0.1) is 0 Å². The molecule has 0 saturated heterocycles. The Morgan fingerprint density at radius 2 is 1.71 bits per heavy atom. The third-order valence-corrected chi connectivity index (χ3v) is 7.08. The van der Waals surface area contributed by atoms with Gasteiger partial charge < -0.3 is 9.64 Å². The molecule has 3 aromatic carbocycles. The number of hydrogen-bond donors (Lipinski definition) is 1. The third kappa shape index (κ3) is 6.91. The summed E-state index contributed by atoms with van der Waals surface area (Å²) < 4.78 is 33.6. The quantitative estimate of drug-likeness (QED) is 0.345. The maximum absolute atomic E-state index is 13.6. The van der Waals surface area contributed by atoms with E-state index >= 15 is 0 Å². The molecule has 3 rings (SSSR count). The summed E-state index contributed by atoms with van der Waals surface area (Å²) >= 11 is 0. The normalized spacial score (nSPS) is 11.6. The fourth-order valence-corrected chi connectivity index (χ4v) is 5.00. The van der Waals surface area contributed by atoms with Crippen molar-refractivity contribution in [2.45, 2.75) is 18.4 Å². The lowest BCUT2D eigenvalue weighted by Crippen LogP contribution is -2.39. The standard InChI is InChI=1S/C26H30N4O4S/c1-20-10-15-24(34-4)25(16-20)35(32,33)30(18-22-8-6-5-7-9-22)19-26(31)28-27-17-21-11-13-23(14-12-21)29(2)3/h5-17H,18-19H2,1-4H3,(H,28,31). The Morgan fingerprint density at radius 1 is 1.03 bits per heavy atom. The van der Waals surface area contributed by atoms with E-state index in [9.17, 15) is 13.2 Å². The summed E-state index contributed by atoms with van der Waals surface area (Å²) in [5.74, 6) is -0.342. The van der Waals surface area contributed by atoms with Gasteiger partial charge in [-0.3, -0.25) is 4.79 Å². The Hall–Kier alpha value is -3.69. The number of benzene rings is 3. The van der Waals surface area contributed by atoms with Gasteiger partial charge in [0.05, 0.1) is 19.9 Å². The van der Waals surface area contributed by atoms with Gasteiger partial charge in [-0.2, -0.15) is 9.41 Å². The average molecular weight is 495 g/mol. The number of hydrazone groups is 1. The molecule has 0 aromatic heterocycles. The van der Waals surface area contributed by atoms with E-state index in [4.69, 9.17) is 4.74 Å². The van der Waals surface area contributed by atoms with Gasteiger partial charge in [-0.05, 0) is 47.9 Å². The van der Waals surface area contributed by atoms with Crippen LogP contribution < -0.4 is 15.1 Å². The molecule has 1 N–H and O–H groups in total. The molecule has 0 saturated carbocycles. The molecule has 0 atom stereocenters. The van der Waals surface area contributed by atoms with Gasteiger partial charge >= 0.3 is 0 Å². The molecule has 0 fully saturated rings. The second-order valence-corrected chi connectivity index (χ2v) is 10.1. The molecule has 8 nitrogen and oxygen atoms in total. The highest BCUT2D eigenvalue weighted by Crippen LogP contribution is 2.28. The molecular weight excluding hydrogens is 464 g/mol. The number of sulfonamides is 1. The minimum absolute atomic E-state index is 0.00761. The maximum atomic E-state index is 13.6. The van der Waals surface area contributed by atoms with Gasteiger partial charge in [-0.1, -0.05) is 48.5 Å². The van der Waals surface area contributed by atoms with Crippen LogP contribution in [0.5, 0.6) is 5.75 Å². The first-order chi connectivity index (χ1) is 16.7. The zero-order chi connectivity index (χ0) is 25.4. The zero-order valence-corrected chi connectivity index (χ0v) is 21.1. The first-order valence-corrected chi connectivity index (χ1v) is 12.4. The summed E-state index contributed by atoms with van der Waals surface area (Å²) in [5, 5.41) is 3.99. The number of aryl methyl sites for hydroxylation is 1. The molecule has 1 amide bonds. The lowest BCUT2D eigenvalue weighted by atomic mass is 10.2. The number of nitrogens with zero attached hydrogens (tertiary/aromatic N) is 3. The lowest BCUT2D eigenvalue weighted by molar-refractivity contribution is -0.121. The van der Waals surface area contributed by atoms with Crippen molar-refractivity contribution in [2.75, 3.05) is 32.6 Å². The molecule has 0 heterocycles.